The molecule has 0 radical (unpaired) electrons. The third kappa shape index (κ3) is 3.68. The molecule has 7 heteroatoms. The number of rotatable bonds is 5. The highest BCUT2D eigenvalue weighted by Gasteiger charge is 2.07. The van der Waals surface area contributed by atoms with Crippen LogP contribution in [-0.4, -0.2) is 28.5 Å². The molecule has 0 atom stereocenters. The van der Waals surface area contributed by atoms with Crippen LogP contribution in [0.2, 0.25) is 10.3 Å². The molecular weight excluding hydrogens is 285 g/mol. The van der Waals surface area contributed by atoms with E-state index < -0.39 is 0 Å². The van der Waals surface area contributed by atoms with Crippen LogP contribution in [0.4, 0.5) is 11.5 Å². The van der Waals surface area contributed by atoms with E-state index in [1.165, 1.54) is 6.33 Å². The molecule has 0 aliphatic heterocycles. The van der Waals surface area contributed by atoms with Gasteiger partial charge in [0.05, 0.1) is 0 Å². The Morgan fingerprint density at radius 3 is 2.68 bits per heavy atom. The summed E-state index contributed by atoms with van der Waals surface area (Å²) in [6.07, 6.45) is 4.00. The molecular formula is C12H13Cl2N5. The van der Waals surface area contributed by atoms with Gasteiger partial charge in [-0.05, 0) is 18.1 Å². The molecule has 0 saturated carbocycles. The van der Waals surface area contributed by atoms with E-state index in [0.29, 0.717) is 28.4 Å². The van der Waals surface area contributed by atoms with Gasteiger partial charge in [-0.1, -0.05) is 29.3 Å². The number of aromatic nitrogens is 3. The number of pyridine rings is 1. The number of nitrogens with one attached hydrogen (secondary N) is 2. The molecule has 100 valence electrons. The Labute approximate surface area is 121 Å². The number of anilines is 2. The van der Waals surface area contributed by atoms with Gasteiger partial charge in [-0.25, -0.2) is 15.0 Å². The first kappa shape index (κ1) is 13.8. The first-order valence-electron chi connectivity index (χ1n) is 5.73. The zero-order valence-electron chi connectivity index (χ0n) is 10.3. The van der Waals surface area contributed by atoms with E-state index in [0.717, 1.165) is 12.0 Å². The highest BCUT2D eigenvalue weighted by molar-refractivity contribution is 6.32. The number of hydrogen-bond acceptors (Lipinski definition) is 5. The maximum Gasteiger partial charge on any atom is 0.157 e. The Morgan fingerprint density at radius 1 is 1.16 bits per heavy atom. The molecule has 2 rings (SSSR count). The lowest BCUT2D eigenvalue weighted by atomic mass is 10.2. The first-order chi connectivity index (χ1) is 9.20. The first-order valence-corrected chi connectivity index (χ1v) is 6.49. The van der Waals surface area contributed by atoms with E-state index in [2.05, 4.69) is 25.6 Å². The summed E-state index contributed by atoms with van der Waals surface area (Å²) in [6.45, 7) is 0.714. The summed E-state index contributed by atoms with van der Waals surface area (Å²) < 4.78 is 0. The van der Waals surface area contributed by atoms with Crippen LogP contribution >= 0.6 is 23.2 Å². The van der Waals surface area contributed by atoms with E-state index >= 15 is 0 Å². The van der Waals surface area contributed by atoms with Gasteiger partial charge in [0, 0.05) is 19.8 Å². The van der Waals surface area contributed by atoms with Gasteiger partial charge in [0.25, 0.3) is 0 Å². The molecule has 19 heavy (non-hydrogen) atoms. The van der Waals surface area contributed by atoms with Crippen molar-refractivity contribution in [3.63, 3.8) is 0 Å². The normalized spacial score (nSPS) is 10.3. The van der Waals surface area contributed by atoms with Crippen molar-refractivity contribution in [1.82, 2.24) is 15.0 Å². The summed E-state index contributed by atoms with van der Waals surface area (Å²) >= 11 is 11.7. The lowest BCUT2D eigenvalue weighted by Gasteiger charge is -2.11. The van der Waals surface area contributed by atoms with Crippen molar-refractivity contribution in [2.75, 3.05) is 24.2 Å². The van der Waals surface area contributed by atoms with Crippen molar-refractivity contribution in [3.8, 4) is 0 Å². The van der Waals surface area contributed by atoms with Gasteiger partial charge in [0.15, 0.2) is 11.0 Å². The molecule has 0 aliphatic carbocycles. The fraction of sp³-hybridized carbons (Fsp3) is 0.250. The molecule has 0 fully saturated rings. The molecule has 0 saturated heterocycles. The maximum atomic E-state index is 5.96. The van der Waals surface area contributed by atoms with E-state index in [9.17, 15) is 0 Å². The minimum atomic E-state index is 0.396. The predicted octanol–water partition coefficient (Wildman–Crippen LogP) is 2.87. The molecule has 0 spiro atoms. The van der Waals surface area contributed by atoms with Crippen molar-refractivity contribution in [1.29, 1.82) is 0 Å². The quantitative estimate of drug-likeness (QED) is 0.656. The third-order valence-corrected chi connectivity index (χ3v) is 3.06. The van der Waals surface area contributed by atoms with Gasteiger partial charge in [-0.15, -0.1) is 0 Å². The number of halogens is 2. The van der Waals surface area contributed by atoms with E-state index in [4.69, 9.17) is 23.2 Å². The summed E-state index contributed by atoms with van der Waals surface area (Å²) in [6, 6.07) is 3.72. The molecule has 2 aromatic rings. The lowest BCUT2D eigenvalue weighted by molar-refractivity contribution is 0.988. The average molecular weight is 298 g/mol. The van der Waals surface area contributed by atoms with Crippen LogP contribution in [0, 0.1) is 0 Å². The molecule has 2 N–H and O–H groups in total. The maximum absolute atomic E-state index is 5.96. The second-order valence-corrected chi connectivity index (χ2v) is 4.55. The predicted molar refractivity (Wildman–Crippen MR) is 78.0 cm³/mol. The Balaban J connectivity index is 1.96. The van der Waals surface area contributed by atoms with Crippen LogP contribution in [-0.2, 0) is 6.42 Å². The summed E-state index contributed by atoms with van der Waals surface area (Å²) in [4.78, 5) is 12.1. The minimum Gasteiger partial charge on any atom is -0.383 e. The van der Waals surface area contributed by atoms with Crippen LogP contribution in [0.3, 0.4) is 0 Å². The fourth-order valence-electron chi connectivity index (χ4n) is 1.60. The van der Waals surface area contributed by atoms with Crippen molar-refractivity contribution < 1.29 is 0 Å². The van der Waals surface area contributed by atoms with Gasteiger partial charge < -0.3 is 10.6 Å². The summed E-state index contributed by atoms with van der Waals surface area (Å²) in [7, 11) is 1.78. The molecule has 0 amide bonds. The van der Waals surface area contributed by atoms with Crippen LogP contribution in [0.15, 0.2) is 24.7 Å². The summed E-state index contributed by atoms with van der Waals surface area (Å²) in [5, 5.41) is 7.07. The zero-order chi connectivity index (χ0) is 13.7. The SMILES string of the molecule is CNc1c(Cl)ncnc1NCCc1ccc(Cl)nc1. The molecule has 2 aromatic heterocycles. The smallest absolute Gasteiger partial charge is 0.157 e. The average Bonchev–Trinajstić information content (AvgIpc) is 2.41. The van der Waals surface area contributed by atoms with Gasteiger partial charge >= 0.3 is 0 Å². The van der Waals surface area contributed by atoms with Crippen molar-refractivity contribution in [2.45, 2.75) is 6.42 Å². The van der Waals surface area contributed by atoms with Gasteiger partial charge in [0.1, 0.15) is 17.2 Å². The fourth-order valence-corrected chi connectivity index (χ4v) is 1.94. The summed E-state index contributed by atoms with van der Waals surface area (Å²) in [5.41, 5.74) is 1.79. The van der Waals surface area contributed by atoms with Crippen molar-refractivity contribution >= 4 is 34.7 Å². The van der Waals surface area contributed by atoms with Gasteiger partial charge in [-0.2, -0.15) is 0 Å². The van der Waals surface area contributed by atoms with Crippen molar-refractivity contribution in [2.24, 2.45) is 0 Å². The van der Waals surface area contributed by atoms with Crippen LogP contribution in [0.25, 0.3) is 0 Å². The highest BCUT2D eigenvalue weighted by Crippen LogP contribution is 2.25. The topological polar surface area (TPSA) is 62.7 Å². The van der Waals surface area contributed by atoms with Crippen LogP contribution < -0.4 is 10.6 Å². The second kappa shape index (κ2) is 6.54. The molecule has 0 unspecified atom stereocenters. The van der Waals surface area contributed by atoms with E-state index in [-0.39, 0.29) is 0 Å². The van der Waals surface area contributed by atoms with Gasteiger partial charge in [0.2, 0.25) is 0 Å². The molecule has 0 bridgehead atoms. The molecule has 5 nitrogen and oxygen atoms in total. The Kier molecular flexibility index (Phi) is 4.76. The second-order valence-electron chi connectivity index (χ2n) is 3.80. The molecule has 0 aliphatic rings. The zero-order valence-corrected chi connectivity index (χ0v) is 11.8. The van der Waals surface area contributed by atoms with Gasteiger partial charge in [-0.3, -0.25) is 0 Å². The lowest BCUT2D eigenvalue weighted by Crippen LogP contribution is -2.09. The Bertz CT molecular complexity index is 544. The number of nitrogens with zero attached hydrogens (tertiary/aromatic N) is 3. The highest BCUT2D eigenvalue weighted by atomic mass is 35.5. The standard InChI is InChI=1S/C12H13Cl2N5/c1-15-10-11(14)18-7-19-12(10)16-5-4-8-2-3-9(13)17-6-8/h2-3,6-7,15H,4-5H2,1H3,(H,16,18,19). The van der Waals surface area contributed by atoms with E-state index in [1.807, 2.05) is 6.07 Å². The van der Waals surface area contributed by atoms with Crippen molar-refractivity contribution in [3.05, 3.63) is 40.5 Å². The Hall–Kier alpha value is -1.59. The van der Waals surface area contributed by atoms with Crippen LogP contribution in [0.1, 0.15) is 5.56 Å². The largest absolute Gasteiger partial charge is 0.383 e. The third-order valence-electron chi connectivity index (χ3n) is 2.55. The van der Waals surface area contributed by atoms with Crippen LogP contribution in [0.5, 0.6) is 0 Å². The summed E-state index contributed by atoms with van der Waals surface area (Å²) in [5.74, 6) is 0.685. The molecule has 0 aromatic carbocycles. The Morgan fingerprint density at radius 2 is 2.00 bits per heavy atom. The minimum absolute atomic E-state index is 0.396. The monoisotopic (exact) mass is 297 g/mol. The number of hydrogen-bond donors (Lipinski definition) is 2. The molecule has 2 heterocycles. The van der Waals surface area contributed by atoms with E-state index in [1.54, 1.807) is 19.3 Å².